The van der Waals surface area contributed by atoms with Crippen LogP contribution in [0.4, 0.5) is 4.79 Å². The number of rotatable bonds is 7. The van der Waals surface area contributed by atoms with Crippen LogP contribution < -0.4 is 4.74 Å². The van der Waals surface area contributed by atoms with Gasteiger partial charge in [-0.2, -0.15) is 0 Å². The summed E-state index contributed by atoms with van der Waals surface area (Å²) in [5.74, 6) is 0.449. The van der Waals surface area contributed by atoms with E-state index in [0.29, 0.717) is 12.3 Å². The largest absolute Gasteiger partial charge is 0.533 e. The summed E-state index contributed by atoms with van der Waals surface area (Å²) in [6, 6.07) is 9.26. The number of hydroxylamine groups is 2. The van der Waals surface area contributed by atoms with E-state index in [1.807, 2.05) is 31.2 Å². The molecule has 0 saturated heterocycles. The van der Waals surface area contributed by atoms with Gasteiger partial charge in [0.1, 0.15) is 9.57 Å². The number of hydrogen-bond acceptors (Lipinski definition) is 7. The lowest BCUT2D eigenvalue weighted by atomic mass is 10.2. The van der Waals surface area contributed by atoms with E-state index < -0.39 is 6.16 Å². The molecule has 0 fully saturated rings. The van der Waals surface area contributed by atoms with Crippen molar-refractivity contribution in [2.75, 3.05) is 13.6 Å². The number of hydrogen-bond donors (Lipinski definition) is 0. The number of carbonyl (C=O) groups is 1. The van der Waals surface area contributed by atoms with Crippen molar-refractivity contribution in [3.8, 4) is 16.2 Å². The molecule has 0 aliphatic carbocycles. The SMILES string of the molecule is C/C=C\CCCN(C)OC(=O)Oc1ccc(-c2cc(=S)ss2)cc1. The number of benzene rings is 1. The zero-order chi connectivity index (χ0) is 17.4. The maximum absolute atomic E-state index is 11.8. The Balaban J connectivity index is 1.82. The minimum absolute atomic E-state index is 0.449. The van der Waals surface area contributed by atoms with Crippen molar-refractivity contribution >= 4 is 39.1 Å². The first kappa shape index (κ1) is 18.8. The topological polar surface area (TPSA) is 38.8 Å². The molecule has 0 N–H and O–H groups in total. The Hall–Kier alpha value is -1.54. The molecule has 7 heteroatoms. The van der Waals surface area contributed by atoms with Crippen molar-refractivity contribution in [1.29, 1.82) is 0 Å². The van der Waals surface area contributed by atoms with E-state index in [9.17, 15) is 4.79 Å². The van der Waals surface area contributed by atoms with E-state index >= 15 is 0 Å². The van der Waals surface area contributed by atoms with Crippen molar-refractivity contribution < 1.29 is 14.4 Å². The quantitative estimate of drug-likeness (QED) is 0.113. The highest BCUT2D eigenvalue weighted by Gasteiger charge is 2.10. The summed E-state index contributed by atoms with van der Waals surface area (Å²) in [5, 5.41) is 1.48. The average molecular weight is 382 g/mol. The molecule has 0 aliphatic heterocycles. The van der Waals surface area contributed by atoms with Crippen LogP contribution in [0.3, 0.4) is 0 Å². The van der Waals surface area contributed by atoms with Gasteiger partial charge in [-0.15, -0.1) is 5.06 Å². The smallest absolute Gasteiger partial charge is 0.394 e. The zero-order valence-corrected chi connectivity index (χ0v) is 16.0. The molecule has 2 aromatic rings. The summed E-state index contributed by atoms with van der Waals surface area (Å²) < 4.78 is 6.05. The molecule has 128 valence electrons. The van der Waals surface area contributed by atoms with Crippen molar-refractivity contribution in [1.82, 2.24) is 5.06 Å². The molecule has 2 rings (SSSR count). The second-order valence-electron chi connectivity index (χ2n) is 5.02. The van der Waals surface area contributed by atoms with Gasteiger partial charge in [0.2, 0.25) is 0 Å². The first-order valence-corrected chi connectivity index (χ1v) is 10.1. The molecule has 4 nitrogen and oxygen atoms in total. The Labute approximate surface area is 154 Å². The average Bonchev–Trinajstić information content (AvgIpc) is 2.98. The fourth-order valence-corrected chi connectivity index (χ4v) is 4.35. The first-order chi connectivity index (χ1) is 11.6. The molecular weight excluding hydrogens is 362 g/mol. The summed E-state index contributed by atoms with van der Waals surface area (Å²) in [6.45, 7) is 2.64. The molecule has 1 aromatic heterocycles. The molecule has 0 unspecified atom stereocenters. The third-order valence-corrected chi connectivity index (χ3v) is 6.02. The number of unbranched alkanes of at least 4 members (excludes halogenated alkanes) is 1. The normalized spacial score (nSPS) is 11.1. The van der Waals surface area contributed by atoms with Crippen molar-refractivity contribution in [3.05, 3.63) is 46.3 Å². The lowest BCUT2D eigenvalue weighted by Crippen LogP contribution is -2.26. The highest BCUT2D eigenvalue weighted by Crippen LogP contribution is 2.30. The van der Waals surface area contributed by atoms with Crippen molar-refractivity contribution in [2.24, 2.45) is 0 Å². The van der Waals surface area contributed by atoms with Crippen LogP contribution in [-0.2, 0) is 4.84 Å². The molecule has 0 atom stereocenters. The van der Waals surface area contributed by atoms with Crippen LogP contribution in [0.5, 0.6) is 5.75 Å². The molecule has 1 aromatic carbocycles. The monoisotopic (exact) mass is 381 g/mol. The van der Waals surface area contributed by atoms with Crippen LogP contribution in [-0.4, -0.2) is 24.8 Å². The first-order valence-electron chi connectivity index (χ1n) is 7.51. The molecule has 0 radical (unpaired) electrons. The van der Waals surface area contributed by atoms with Gasteiger partial charge in [0.05, 0.1) is 0 Å². The van der Waals surface area contributed by atoms with Crippen molar-refractivity contribution in [3.63, 3.8) is 0 Å². The number of allylic oxidation sites excluding steroid dienone is 2. The highest BCUT2D eigenvalue weighted by atomic mass is 32.9. The second kappa shape index (κ2) is 9.68. The maximum Gasteiger partial charge on any atom is 0.533 e. The van der Waals surface area contributed by atoms with E-state index in [1.165, 1.54) is 5.06 Å². The molecule has 1 heterocycles. The Bertz CT molecular complexity index is 734. The van der Waals surface area contributed by atoms with E-state index in [0.717, 1.165) is 27.1 Å². The van der Waals surface area contributed by atoms with E-state index in [1.54, 1.807) is 39.9 Å². The molecule has 0 bridgehead atoms. The fourth-order valence-electron chi connectivity index (χ4n) is 1.95. The van der Waals surface area contributed by atoms with E-state index in [2.05, 4.69) is 6.08 Å². The summed E-state index contributed by atoms with van der Waals surface area (Å²) in [6.07, 6.45) is 5.22. The van der Waals surface area contributed by atoms with Gasteiger partial charge in [-0.3, -0.25) is 0 Å². The fraction of sp³-hybridized carbons (Fsp3) is 0.294. The van der Waals surface area contributed by atoms with Crippen LogP contribution in [0.25, 0.3) is 10.4 Å². The van der Waals surface area contributed by atoms with Gasteiger partial charge in [0.25, 0.3) is 0 Å². The molecule has 0 saturated carbocycles. The van der Waals surface area contributed by atoms with Crippen LogP contribution in [0.2, 0.25) is 0 Å². The lowest BCUT2D eigenvalue weighted by molar-refractivity contribution is -0.0961. The van der Waals surface area contributed by atoms with Gasteiger partial charge in [-0.25, -0.2) is 4.79 Å². The third kappa shape index (κ3) is 6.16. The van der Waals surface area contributed by atoms with E-state index in [-0.39, 0.29) is 0 Å². The van der Waals surface area contributed by atoms with Gasteiger partial charge in [0.15, 0.2) is 0 Å². The van der Waals surface area contributed by atoms with Gasteiger partial charge >= 0.3 is 6.16 Å². The lowest BCUT2D eigenvalue weighted by Gasteiger charge is -2.15. The Morgan fingerprint density at radius 1 is 1.29 bits per heavy atom. The van der Waals surface area contributed by atoms with Gasteiger partial charge in [0, 0.05) is 18.5 Å². The predicted octanol–water partition coefficient (Wildman–Crippen LogP) is 5.92. The minimum Gasteiger partial charge on any atom is -0.394 e. The van der Waals surface area contributed by atoms with Crippen LogP contribution >= 0.6 is 32.9 Å². The maximum atomic E-state index is 11.8. The van der Waals surface area contributed by atoms with Crippen LogP contribution in [0.15, 0.2) is 42.5 Å². The van der Waals surface area contributed by atoms with E-state index in [4.69, 9.17) is 21.8 Å². The molecule has 24 heavy (non-hydrogen) atoms. The molecule has 0 amide bonds. The minimum atomic E-state index is -0.734. The summed E-state index contributed by atoms with van der Waals surface area (Å²) in [7, 11) is 4.92. The highest BCUT2D eigenvalue weighted by molar-refractivity contribution is 7.80. The molecular formula is C17H19NO3S3. The van der Waals surface area contributed by atoms with Gasteiger partial charge in [-0.05, 0) is 55.7 Å². The Morgan fingerprint density at radius 2 is 2.04 bits per heavy atom. The zero-order valence-electron chi connectivity index (χ0n) is 13.6. The summed E-state index contributed by atoms with van der Waals surface area (Å²) in [4.78, 5) is 18.0. The predicted molar refractivity (Wildman–Crippen MR) is 102 cm³/mol. The number of nitrogens with zero attached hydrogens (tertiary/aromatic N) is 1. The summed E-state index contributed by atoms with van der Waals surface area (Å²) in [5.41, 5.74) is 1.05. The number of ether oxygens (including phenoxy) is 1. The Morgan fingerprint density at radius 3 is 2.67 bits per heavy atom. The standard InChI is InChI=1S/C17H19NO3S3/c1-3-4-5-6-11-18(2)21-17(19)20-14-9-7-13(8-10-14)15-12-16(22)24-23-15/h3-4,7-10,12H,5-6,11H2,1-2H3/b4-3-. The Kier molecular flexibility index (Phi) is 7.58. The van der Waals surface area contributed by atoms with Crippen molar-refractivity contribution in [2.45, 2.75) is 19.8 Å². The summed E-state index contributed by atoms with van der Waals surface area (Å²) >= 11 is 5.14. The van der Waals surface area contributed by atoms with Crippen LogP contribution in [0.1, 0.15) is 19.8 Å². The van der Waals surface area contributed by atoms with Gasteiger partial charge < -0.3 is 9.57 Å². The third-order valence-electron chi connectivity index (χ3n) is 3.11. The van der Waals surface area contributed by atoms with Crippen LogP contribution in [0, 0.1) is 3.82 Å². The second-order valence-corrected chi connectivity index (χ2v) is 7.94. The van der Waals surface area contributed by atoms with Gasteiger partial charge in [-0.1, -0.05) is 45.1 Å². The number of carbonyl (C=O) groups excluding carboxylic acids is 1. The molecule has 0 spiro atoms. The molecule has 0 aliphatic rings.